The van der Waals surface area contributed by atoms with Crippen LogP contribution in [0.15, 0.2) is 102 Å². The molecule has 0 aliphatic heterocycles. The van der Waals surface area contributed by atoms with Crippen LogP contribution >= 0.6 is 13.5 Å². The lowest BCUT2D eigenvalue weighted by Crippen LogP contribution is -2.05. The summed E-state index contributed by atoms with van der Waals surface area (Å²) in [4.78, 5) is -0.0907. The summed E-state index contributed by atoms with van der Waals surface area (Å²) < 4.78 is 35.1. The highest BCUT2D eigenvalue weighted by atomic mass is 32.2. The van der Waals surface area contributed by atoms with Crippen LogP contribution in [-0.2, 0) is 10.1 Å². The summed E-state index contributed by atoms with van der Waals surface area (Å²) in [5, 5.41) is 0. The van der Waals surface area contributed by atoms with E-state index in [1.165, 1.54) is 0 Å². The zero-order valence-corrected chi connectivity index (χ0v) is 18.2. The van der Waals surface area contributed by atoms with Crippen molar-refractivity contribution in [3.63, 3.8) is 0 Å². The number of benzene rings is 4. The average molecular weight is 435 g/mol. The van der Waals surface area contributed by atoms with Crippen molar-refractivity contribution in [2.75, 3.05) is 0 Å². The summed E-state index contributed by atoms with van der Waals surface area (Å²) >= 11 is 0. The van der Waals surface area contributed by atoms with E-state index in [0.29, 0.717) is 5.56 Å². The van der Waals surface area contributed by atoms with E-state index in [1.54, 1.807) is 6.07 Å². The molecular weight excluding hydrogens is 412 g/mol. The molecule has 0 bridgehead atoms. The van der Waals surface area contributed by atoms with Crippen LogP contribution in [0.3, 0.4) is 0 Å². The quantitative estimate of drug-likeness (QED) is 0.381. The van der Waals surface area contributed by atoms with E-state index in [4.69, 9.17) is 0 Å². The Bertz CT molecular complexity index is 1250. The lowest BCUT2D eigenvalue weighted by molar-refractivity contribution is 0.483. The zero-order chi connectivity index (χ0) is 20.4. The third kappa shape index (κ3) is 4.19. The third-order valence-electron chi connectivity index (χ3n) is 5.04. The second-order valence-electron chi connectivity index (χ2n) is 6.87. The van der Waals surface area contributed by atoms with Gasteiger partial charge < -0.3 is 0 Å². The standard InChI is InChI=1S/C25H20O3S.H2S/c1-18-22(19-11-5-2-6-12-19)17-23(29(26,27)28)25(21-15-9-4-10-16-21)24(18)20-13-7-3-8-14-20;/h2-17H,1H3,(H,26,27,28);1H2. The molecule has 0 fully saturated rings. The van der Waals surface area contributed by atoms with E-state index >= 15 is 0 Å². The van der Waals surface area contributed by atoms with Crippen LogP contribution in [0, 0.1) is 6.92 Å². The van der Waals surface area contributed by atoms with Gasteiger partial charge in [0.2, 0.25) is 0 Å². The van der Waals surface area contributed by atoms with Crippen LogP contribution in [0.4, 0.5) is 0 Å². The van der Waals surface area contributed by atoms with Crippen LogP contribution in [-0.4, -0.2) is 13.0 Å². The molecule has 0 saturated heterocycles. The molecule has 0 aromatic heterocycles. The number of rotatable bonds is 4. The fourth-order valence-corrected chi connectivity index (χ4v) is 4.48. The Balaban J connectivity index is 0.00000256. The maximum absolute atomic E-state index is 12.5. The van der Waals surface area contributed by atoms with Gasteiger partial charge in [0.1, 0.15) is 4.90 Å². The first kappa shape index (κ1) is 21.8. The monoisotopic (exact) mass is 434 g/mol. The topological polar surface area (TPSA) is 54.4 Å². The van der Waals surface area contributed by atoms with Gasteiger partial charge in [-0.1, -0.05) is 91.0 Å². The molecule has 0 heterocycles. The summed E-state index contributed by atoms with van der Waals surface area (Å²) in [6.07, 6.45) is 0. The first-order valence-electron chi connectivity index (χ1n) is 9.28. The largest absolute Gasteiger partial charge is 0.295 e. The van der Waals surface area contributed by atoms with Crippen molar-refractivity contribution >= 4 is 23.6 Å². The van der Waals surface area contributed by atoms with Gasteiger partial charge in [-0.2, -0.15) is 21.9 Å². The molecule has 4 aromatic carbocycles. The minimum atomic E-state index is -4.46. The van der Waals surface area contributed by atoms with E-state index in [9.17, 15) is 13.0 Å². The molecule has 0 amide bonds. The zero-order valence-electron chi connectivity index (χ0n) is 16.4. The second kappa shape index (κ2) is 8.88. The van der Waals surface area contributed by atoms with E-state index in [1.807, 2.05) is 97.9 Å². The molecule has 5 heteroatoms. The molecule has 0 aliphatic carbocycles. The Morgan fingerprint density at radius 1 is 0.633 bits per heavy atom. The fraction of sp³-hybridized carbons (Fsp3) is 0.0400. The molecule has 3 nitrogen and oxygen atoms in total. The van der Waals surface area contributed by atoms with Crippen LogP contribution in [0.5, 0.6) is 0 Å². The van der Waals surface area contributed by atoms with Gasteiger partial charge in [-0.05, 0) is 46.4 Å². The molecule has 1 N–H and O–H groups in total. The lowest BCUT2D eigenvalue weighted by Gasteiger charge is -2.20. The smallest absolute Gasteiger partial charge is 0.282 e. The Morgan fingerprint density at radius 3 is 1.47 bits per heavy atom. The molecule has 0 aliphatic rings. The second-order valence-corrected chi connectivity index (χ2v) is 8.26. The van der Waals surface area contributed by atoms with E-state index in [-0.39, 0.29) is 18.4 Å². The van der Waals surface area contributed by atoms with Gasteiger partial charge in [-0.15, -0.1) is 0 Å². The molecule has 0 unspecified atom stereocenters. The highest BCUT2D eigenvalue weighted by Gasteiger charge is 2.25. The van der Waals surface area contributed by atoms with E-state index in [0.717, 1.165) is 33.4 Å². The van der Waals surface area contributed by atoms with Crippen LogP contribution in [0.2, 0.25) is 0 Å². The molecular formula is C25H22O3S2. The van der Waals surface area contributed by atoms with Crippen molar-refractivity contribution in [2.24, 2.45) is 0 Å². The minimum Gasteiger partial charge on any atom is -0.282 e. The first-order chi connectivity index (χ1) is 14.0. The van der Waals surface area contributed by atoms with Crippen molar-refractivity contribution in [1.82, 2.24) is 0 Å². The highest BCUT2D eigenvalue weighted by Crippen LogP contribution is 2.43. The van der Waals surface area contributed by atoms with Gasteiger partial charge in [-0.3, -0.25) is 4.55 Å². The summed E-state index contributed by atoms with van der Waals surface area (Å²) in [6.45, 7) is 1.99. The maximum atomic E-state index is 12.5. The lowest BCUT2D eigenvalue weighted by atomic mass is 9.86. The van der Waals surface area contributed by atoms with Crippen molar-refractivity contribution in [3.8, 4) is 33.4 Å². The highest BCUT2D eigenvalue weighted by molar-refractivity contribution is 7.86. The van der Waals surface area contributed by atoms with Crippen LogP contribution in [0.1, 0.15) is 5.56 Å². The first-order valence-corrected chi connectivity index (χ1v) is 10.7. The van der Waals surface area contributed by atoms with Crippen molar-refractivity contribution in [3.05, 3.63) is 103 Å². The van der Waals surface area contributed by atoms with Gasteiger partial charge in [-0.25, -0.2) is 0 Å². The Morgan fingerprint density at radius 2 is 1.03 bits per heavy atom. The molecule has 30 heavy (non-hydrogen) atoms. The number of hydrogen-bond donors (Lipinski definition) is 1. The molecule has 0 radical (unpaired) electrons. The van der Waals surface area contributed by atoms with Crippen molar-refractivity contribution in [1.29, 1.82) is 0 Å². The van der Waals surface area contributed by atoms with E-state index in [2.05, 4.69) is 0 Å². The minimum absolute atomic E-state index is 0. The molecule has 4 aromatic rings. The normalized spacial score (nSPS) is 11.0. The third-order valence-corrected chi connectivity index (χ3v) is 5.92. The molecule has 4 rings (SSSR count). The van der Waals surface area contributed by atoms with Crippen molar-refractivity contribution in [2.45, 2.75) is 11.8 Å². The Hall–Kier alpha value is -2.86. The van der Waals surface area contributed by atoms with Crippen LogP contribution < -0.4 is 0 Å². The van der Waals surface area contributed by atoms with Crippen molar-refractivity contribution < 1.29 is 13.0 Å². The predicted molar refractivity (Wildman–Crippen MR) is 128 cm³/mol. The summed E-state index contributed by atoms with van der Waals surface area (Å²) in [5.41, 5.74) is 5.56. The maximum Gasteiger partial charge on any atom is 0.295 e. The van der Waals surface area contributed by atoms with E-state index < -0.39 is 10.1 Å². The van der Waals surface area contributed by atoms with Crippen LogP contribution in [0.25, 0.3) is 33.4 Å². The van der Waals surface area contributed by atoms with Gasteiger partial charge in [0, 0.05) is 5.56 Å². The molecule has 0 spiro atoms. The summed E-state index contributed by atoms with van der Waals surface area (Å²) in [5.74, 6) is 0. The van der Waals surface area contributed by atoms with Gasteiger partial charge in [0.05, 0.1) is 0 Å². The molecule has 0 saturated carbocycles. The Kier molecular flexibility index (Phi) is 6.46. The SMILES string of the molecule is Cc1c(-c2ccccc2)cc(S(=O)(=O)O)c(-c2ccccc2)c1-c1ccccc1.S. The number of hydrogen-bond acceptors (Lipinski definition) is 2. The van der Waals surface area contributed by atoms with Gasteiger partial charge in [0.25, 0.3) is 10.1 Å². The molecule has 0 atom stereocenters. The summed E-state index contributed by atoms with van der Waals surface area (Å²) in [6, 6.07) is 30.2. The summed E-state index contributed by atoms with van der Waals surface area (Å²) in [7, 11) is -4.46. The Labute approximate surface area is 184 Å². The van der Waals surface area contributed by atoms with Gasteiger partial charge in [0.15, 0.2) is 0 Å². The molecule has 152 valence electrons. The average Bonchev–Trinajstić information content (AvgIpc) is 2.74. The van der Waals surface area contributed by atoms with Gasteiger partial charge >= 0.3 is 0 Å². The predicted octanol–water partition coefficient (Wildman–Crippen LogP) is 6.36. The fourth-order valence-electron chi connectivity index (χ4n) is 3.73.